The molecule has 38 heavy (non-hydrogen) atoms. The third-order valence-electron chi connectivity index (χ3n) is 7.34. The molecule has 2 aromatic rings. The Hall–Kier alpha value is -2.61. The Kier molecular flexibility index (Phi) is 11.4. The number of rotatable bonds is 7. The summed E-state index contributed by atoms with van der Waals surface area (Å²) < 4.78 is 12.8. The molecule has 0 aromatic heterocycles. The van der Waals surface area contributed by atoms with Gasteiger partial charge < -0.3 is 24.4 Å². The van der Waals surface area contributed by atoms with Crippen molar-refractivity contribution in [2.45, 2.75) is 64.8 Å². The average Bonchev–Trinajstić information content (AvgIpc) is 2.90. The highest BCUT2D eigenvalue weighted by Gasteiger charge is 2.30. The Balaban J connectivity index is 1.90. The van der Waals surface area contributed by atoms with Gasteiger partial charge in [0.2, 0.25) is 0 Å². The highest BCUT2D eigenvalue weighted by Crippen LogP contribution is 2.29. The maximum Gasteiger partial charge on any atom is 0.258 e. The number of amides is 1. The van der Waals surface area contributed by atoms with Crippen LogP contribution in [0.2, 0.25) is 0 Å². The van der Waals surface area contributed by atoms with Crippen molar-refractivity contribution >= 4 is 11.6 Å². The van der Waals surface area contributed by atoms with Crippen molar-refractivity contribution in [3.63, 3.8) is 0 Å². The van der Waals surface area contributed by atoms with E-state index in [1.165, 1.54) is 5.56 Å². The number of aliphatic hydroxyl groups is 1. The van der Waals surface area contributed by atoms with Gasteiger partial charge in [0.1, 0.15) is 5.75 Å². The quantitative estimate of drug-likeness (QED) is 0.566. The lowest BCUT2D eigenvalue weighted by molar-refractivity contribution is -0.0177. The minimum Gasteiger partial charge on any atom is -0.490 e. The summed E-state index contributed by atoms with van der Waals surface area (Å²) in [6.07, 6.45) is 2.77. The van der Waals surface area contributed by atoms with Crippen LogP contribution < -0.4 is 9.64 Å². The van der Waals surface area contributed by atoms with Gasteiger partial charge in [0, 0.05) is 51.9 Å². The van der Waals surface area contributed by atoms with Gasteiger partial charge in [-0.3, -0.25) is 9.69 Å². The van der Waals surface area contributed by atoms with E-state index in [4.69, 9.17) is 9.47 Å². The van der Waals surface area contributed by atoms with Gasteiger partial charge in [0.25, 0.3) is 5.91 Å². The molecule has 0 spiro atoms. The molecule has 7 heteroatoms. The van der Waals surface area contributed by atoms with Gasteiger partial charge in [0.15, 0.2) is 0 Å². The topological polar surface area (TPSA) is 65.5 Å². The smallest absolute Gasteiger partial charge is 0.258 e. The summed E-state index contributed by atoms with van der Waals surface area (Å²) >= 11 is 0. The van der Waals surface area contributed by atoms with Gasteiger partial charge in [-0.1, -0.05) is 37.3 Å². The molecule has 1 N–H and O–H groups in total. The Bertz CT molecular complexity index is 1000. The summed E-state index contributed by atoms with van der Waals surface area (Å²) in [4.78, 5) is 20.1. The molecule has 0 saturated heterocycles. The molecule has 1 aliphatic heterocycles. The van der Waals surface area contributed by atoms with E-state index in [9.17, 15) is 9.90 Å². The predicted molar refractivity (Wildman–Crippen MR) is 154 cm³/mol. The molecule has 1 amide bonds. The monoisotopic (exact) mass is 525 g/mol. The number of hydrogen-bond acceptors (Lipinski definition) is 6. The molecule has 1 heterocycles. The van der Waals surface area contributed by atoms with Crippen LogP contribution in [-0.2, 0) is 11.3 Å². The molecular formula is C31H47N3O4. The lowest BCUT2D eigenvalue weighted by Gasteiger charge is -2.36. The number of carbonyl (C=O) groups is 1. The van der Waals surface area contributed by atoms with Crippen LogP contribution in [0.5, 0.6) is 5.75 Å². The van der Waals surface area contributed by atoms with Gasteiger partial charge in [0.05, 0.1) is 30.4 Å². The lowest BCUT2D eigenvalue weighted by atomic mass is 10.0. The zero-order chi connectivity index (χ0) is 27.7. The number of ether oxygens (including phenoxy) is 2. The fraction of sp³-hybridized carbons (Fsp3) is 0.581. The van der Waals surface area contributed by atoms with Crippen molar-refractivity contribution < 1.29 is 19.4 Å². The lowest BCUT2D eigenvalue weighted by Crippen LogP contribution is -2.47. The summed E-state index contributed by atoms with van der Waals surface area (Å²) in [7, 11) is 6.04. The molecule has 0 radical (unpaired) electrons. The number of benzene rings is 2. The van der Waals surface area contributed by atoms with E-state index >= 15 is 0 Å². The standard InChI is InChI=1S/C31H47N3O4/c1-23-19-34(24(2)22-35)31(36)28-18-27(32(4)5)15-16-29(28)38-25(3)12-10-11-17-37-30(23)21-33(6)20-26-13-8-7-9-14-26/h7-9,13-16,18,23-25,30,35H,10-12,17,19-22H2,1-6H3/t23-,24-,25-,30-/m0/s1. The zero-order valence-electron chi connectivity index (χ0n) is 24.1. The van der Waals surface area contributed by atoms with Crippen LogP contribution in [0.25, 0.3) is 0 Å². The molecule has 0 fully saturated rings. The highest BCUT2D eigenvalue weighted by atomic mass is 16.5. The minimum absolute atomic E-state index is 0.0230. The van der Waals surface area contributed by atoms with E-state index in [1.54, 1.807) is 4.90 Å². The van der Waals surface area contributed by atoms with E-state index in [2.05, 4.69) is 50.1 Å². The second-order valence-electron chi connectivity index (χ2n) is 11.1. The molecule has 2 aromatic carbocycles. The van der Waals surface area contributed by atoms with Crippen molar-refractivity contribution in [1.29, 1.82) is 0 Å². The summed E-state index contributed by atoms with van der Waals surface area (Å²) in [5.41, 5.74) is 2.73. The van der Waals surface area contributed by atoms with Crippen molar-refractivity contribution in [1.82, 2.24) is 9.80 Å². The van der Waals surface area contributed by atoms with Crippen molar-refractivity contribution in [3.8, 4) is 5.75 Å². The second kappa shape index (κ2) is 14.5. The van der Waals surface area contributed by atoms with Crippen molar-refractivity contribution in [2.24, 2.45) is 5.92 Å². The van der Waals surface area contributed by atoms with Crippen LogP contribution >= 0.6 is 0 Å². The minimum atomic E-state index is -0.339. The molecular weight excluding hydrogens is 478 g/mol. The summed E-state index contributed by atoms with van der Waals surface area (Å²) in [5, 5.41) is 10.1. The van der Waals surface area contributed by atoms with E-state index in [-0.39, 0.29) is 36.7 Å². The Morgan fingerprint density at radius 3 is 2.50 bits per heavy atom. The number of aliphatic hydroxyl groups excluding tert-OH is 1. The predicted octanol–water partition coefficient (Wildman–Crippen LogP) is 4.68. The molecule has 0 unspecified atom stereocenters. The normalized spacial score (nSPS) is 22.4. The Morgan fingerprint density at radius 1 is 1.08 bits per heavy atom. The number of hydrogen-bond donors (Lipinski definition) is 1. The third-order valence-corrected chi connectivity index (χ3v) is 7.34. The number of anilines is 1. The van der Waals surface area contributed by atoms with Gasteiger partial charge in [-0.05, 0) is 63.9 Å². The van der Waals surface area contributed by atoms with Gasteiger partial charge in [-0.25, -0.2) is 0 Å². The molecule has 0 saturated carbocycles. The first-order valence-corrected chi connectivity index (χ1v) is 13.9. The second-order valence-corrected chi connectivity index (χ2v) is 11.1. The van der Waals surface area contributed by atoms with Crippen molar-refractivity contribution in [3.05, 3.63) is 59.7 Å². The molecule has 3 rings (SSSR count). The summed E-state index contributed by atoms with van der Waals surface area (Å²) in [5.74, 6) is 0.538. The SMILES string of the molecule is C[C@H]1CCCCO[C@@H](CN(C)Cc2ccccc2)[C@@H](C)CN([C@@H](C)CO)C(=O)c2cc(N(C)C)ccc2O1. The summed E-state index contributed by atoms with van der Waals surface area (Å²) in [6, 6.07) is 15.9. The zero-order valence-corrected chi connectivity index (χ0v) is 24.1. The Morgan fingerprint density at radius 2 is 1.82 bits per heavy atom. The van der Waals surface area contributed by atoms with Gasteiger partial charge in [-0.15, -0.1) is 0 Å². The fourth-order valence-electron chi connectivity index (χ4n) is 4.92. The van der Waals surface area contributed by atoms with Crippen LogP contribution in [0, 0.1) is 5.92 Å². The van der Waals surface area contributed by atoms with Crippen LogP contribution in [0.4, 0.5) is 5.69 Å². The van der Waals surface area contributed by atoms with Crippen LogP contribution in [0.3, 0.4) is 0 Å². The van der Waals surface area contributed by atoms with Crippen LogP contribution in [-0.4, -0.2) is 86.5 Å². The first kappa shape index (κ1) is 29.9. The van der Waals surface area contributed by atoms with Gasteiger partial charge >= 0.3 is 0 Å². The number of likely N-dealkylation sites (N-methyl/N-ethyl adjacent to an activating group) is 1. The first-order valence-electron chi connectivity index (χ1n) is 13.9. The van der Waals surface area contributed by atoms with Crippen LogP contribution in [0.1, 0.15) is 56.0 Å². The highest BCUT2D eigenvalue weighted by molar-refractivity contribution is 5.98. The fourth-order valence-corrected chi connectivity index (χ4v) is 4.92. The van der Waals surface area contributed by atoms with Crippen LogP contribution in [0.15, 0.2) is 48.5 Å². The first-order chi connectivity index (χ1) is 18.2. The molecule has 210 valence electrons. The molecule has 1 aliphatic rings. The Labute approximate surface area is 229 Å². The average molecular weight is 526 g/mol. The van der Waals surface area contributed by atoms with Gasteiger partial charge in [-0.2, -0.15) is 0 Å². The molecule has 0 aliphatic carbocycles. The van der Waals surface area contributed by atoms with E-state index in [0.717, 1.165) is 38.0 Å². The number of fused-ring (bicyclic) bond motifs is 1. The van der Waals surface area contributed by atoms with E-state index in [0.29, 0.717) is 24.5 Å². The maximum atomic E-state index is 14.1. The van der Waals surface area contributed by atoms with E-state index in [1.807, 2.05) is 50.2 Å². The largest absolute Gasteiger partial charge is 0.490 e. The van der Waals surface area contributed by atoms with E-state index < -0.39 is 0 Å². The number of nitrogens with zero attached hydrogens (tertiary/aromatic N) is 3. The number of carbonyl (C=O) groups excluding carboxylic acids is 1. The third kappa shape index (κ3) is 8.45. The summed E-state index contributed by atoms with van der Waals surface area (Å²) in [6.45, 7) is 8.72. The van der Waals surface area contributed by atoms with Crippen molar-refractivity contribution in [2.75, 3.05) is 52.3 Å². The molecule has 7 nitrogen and oxygen atoms in total. The molecule has 4 atom stereocenters. The maximum absolute atomic E-state index is 14.1. The molecule has 0 bridgehead atoms.